The van der Waals surface area contributed by atoms with Crippen molar-refractivity contribution in [3.63, 3.8) is 0 Å². The van der Waals surface area contributed by atoms with Gasteiger partial charge in [0.2, 0.25) is 5.91 Å². The summed E-state index contributed by atoms with van der Waals surface area (Å²) < 4.78 is 5.17. The number of ether oxygens (including phenoxy) is 1. The summed E-state index contributed by atoms with van der Waals surface area (Å²) in [4.78, 5) is 24.7. The summed E-state index contributed by atoms with van der Waals surface area (Å²) in [6.07, 6.45) is 0.526. The molecule has 1 amide bonds. The molecule has 100 valence electrons. The van der Waals surface area contributed by atoms with Crippen LogP contribution in [0.4, 0.5) is 0 Å². The van der Waals surface area contributed by atoms with Gasteiger partial charge in [-0.1, -0.05) is 36.4 Å². The Kier molecular flexibility index (Phi) is 3.97. The Balaban J connectivity index is 2.41. The van der Waals surface area contributed by atoms with Crippen LogP contribution in [-0.4, -0.2) is 41.1 Å². The van der Waals surface area contributed by atoms with E-state index in [1.807, 2.05) is 6.07 Å². The van der Waals surface area contributed by atoms with Crippen LogP contribution in [0.15, 0.2) is 43.0 Å². The number of amides is 1. The third kappa shape index (κ3) is 2.66. The third-order valence-corrected chi connectivity index (χ3v) is 3.04. The van der Waals surface area contributed by atoms with E-state index in [1.165, 1.54) is 4.90 Å². The van der Waals surface area contributed by atoms with E-state index in [0.29, 0.717) is 6.54 Å². The van der Waals surface area contributed by atoms with Crippen LogP contribution in [0.3, 0.4) is 0 Å². The van der Waals surface area contributed by atoms with Crippen molar-refractivity contribution in [1.29, 1.82) is 0 Å². The van der Waals surface area contributed by atoms with Gasteiger partial charge in [-0.3, -0.25) is 4.79 Å². The number of carboxylic acids is 1. The molecule has 2 rings (SSSR count). The first-order chi connectivity index (χ1) is 9.15. The molecule has 0 spiro atoms. The van der Waals surface area contributed by atoms with Crippen LogP contribution >= 0.6 is 0 Å². The van der Waals surface area contributed by atoms with Gasteiger partial charge in [0.1, 0.15) is 6.61 Å². The molecule has 1 aromatic rings. The van der Waals surface area contributed by atoms with Crippen LogP contribution in [0.5, 0.6) is 0 Å². The van der Waals surface area contributed by atoms with E-state index in [2.05, 4.69) is 6.58 Å². The third-order valence-electron chi connectivity index (χ3n) is 3.04. The number of rotatable bonds is 4. The Bertz CT molecular complexity index is 485. The standard InChI is InChI=1S/C14H15NO4/c1-2-8-15-11(16)9-19-13(14(17)18)12(15)10-6-4-3-5-7-10/h2-7,12-13H,1,8-9H2,(H,17,18). The van der Waals surface area contributed by atoms with Gasteiger partial charge in [0.05, 0.1) is 6.04 Å². The highest BCUT2D eigenvalue weighted by atomic mass is 16.5. The first-order valence-corrected chi connectivity index (χ1v) is 5.95. The highest BCUT2D eigenvalue weighted by Gasteiger charge is 2.41. The fraction of sp³-hybridized carbons (Fsp3) is 0.286. The molecule has 19 heavy (non-hydrogen) atoms. The lowest BCUT2D eigenvalue weighted by Gasteiger charge is -2.38. The molecule has 5 heteroatoms. The Labute approximate surface area is 111 Å². The minimum atomic E-state index is -1.07. The molecule has 1 heterocycles. The lowest BCUT2D eigenvalue weighted by atomic mass is 9.98. The first-order valence-electron chi connectivity index (χ1n) is 5.95. The average molecular weight is 261 g/mol. The number of carbonyl (C=O) groups excluding carboxylic acids is 1. The smallest absolute Gasteiger partial charge is 0.335 e. The second kappa shape index (κ2) is 5.67. The molecule has 1 aliphatic rings. The van der Waals surface area contributed by atoms with Gasteiger partial charge in [-0.2, -0.15) is 0 Å². The topological polar surface area (TPSA) is 66.8 Å². The zero-order valence-electron chi connectivity index (χ0n) is 10.4. The van der Waals surface area contributed by atoms with Crippen molar-refractivity contribution in [2.75, 3.05) is 13.2 Å². The van der Waals surface area contributed by atoms with Crippen LogP contribution in [0.2, 0.25) is 0 Å². The molecule has 1 saturated heterocycles. The number of aliphatic carboxylic acids is 1. The van der Waals surface area contributed by atoms with Crippen LogP contribution < -0.4 is 0 Å². The average Bonchev–Trinajstić information content (AvgIpc) is 2.41. The maximum absolute atomic E-state index is 11.9. The van der Waals surface area contributed by atoms with Gasteiger partial charge in [-0.05, 0) is 5.56 Å². The Morgan fingerprint density at radius 2 is 2.16 bits per heavy atom. The number of hydrogen-bond acceptors (Lipinski definition) is 3. The summed E-state index contributed by atoms with van der Waals surface area (Å²) in [6.45, 7) is 3.69. The molecule has 0 aromatic heterocycles. The zero-order chi connectivity index (χ0) is 13.8. The summed E-state index contributed by atoms with van der Waals surface area (Å²) in [5.41, 5.74) is 0.741. The molecule has 2 unspecified atom stereocenters. The van der Waals surface area contributed by atoms with Gasteiger partial charge >= 0.3 is 5.97 Å². The summed E-state index contributed by atoms with van der Waals surface area (Å²) in [5, 5.41) is 9.25. The van der Waals surface area contributed by atoms with E-state index in [9.17, 15) is 14.7 Å². The molecule has 0 radical (unpaired) electrons. The second-order valence-electron chi connectivity index (χ2n) is 4.26. The number of nitrogens with zero attached hydrogens (tertiary/aromatic N) is 1. The number of benzene rings is 1. The molecule has 0 saturated carbocycles. The Morgan fingerprint density at radius 1 is 1.47 bits per heavy atom. The SMILES string of the molecule is C=CCN1C(=O)COC(C(=O)O)C1c1ccccc1. The molecular formula is C14H15NO4. The van der Waals surface area contributed by atoms with Crippen molar-refractivity contribution in [2.24, 2.45) is 0 Å². The van der Waals surface area contributed by atoms with Crippen molar-refractivity contribution in [1.82, 2.24) is 4.90 Å². The van der Waals surface area contributed by atoms with Gasteiger partial charge in [-0.25, -0.2) is 4.79 Å². The quantitative estimate of drug-likeness (QED) is 0.828. The van der Waals surface area contributed by atoms with Crippen molar-refractivity contribution in [2.45, 2.75) is 12.1 Å². The van der Waals surface area contributed by atoms with Gasteiger partial charge in [0.25, 0.3) is 0 Å². The maximum Gasteiger partial charge on any atom is 0.335 e. The maximum atomic E-state index is 11.9. The van der Waals surface area contributed by atoms with Crippen LogP contribution in [0.25, 0.3) is 0 Å². The normalized spacial score (nSPS) is 23.2. The molecule has 5 nitrogen and oxygen atoms in total. The van der Waals surface area contributed by atoms with Crippen molar-refractivity contribution in [3.05, 3.63) is 48.6 Å². The van der Waals surface area contributed by atoms with E-state index >= 15 is 0 Å². The van der Waals surface area contributed by atoms with E-state index < -0.39 is 18.1 Å². The summed E-state index contributed by atoms with van der Waals surface area (Å²) in [5.74, 6) is -1.30. The minimum absolute atomic E-state index is 0.214. The van der Waals surface area contributed by atoms with Gasteiger partial charge in [0.15, 0.2) is 6.10 Å². The molecule has 1 N–H and O–H groups in total. The fourth-order valence-corrected chi connectivity index (χ4v) is 2.22. The predicted molar refractivity (Wildman–Crippen MR) is 68.5 cm³/mol. The van der Waals surface area contributed by atoms with E-state index in [4.69, 9.17) is 4.74 Å². The highest BCUT2D eigenvalue weighted by Crippen LogP contribution is 2.30. The molecule has 1 aliphatic heterocycles. The number of morpholine rings is 1. The lowest BCUT2D eigenvalue weighted by molar-refractivity contribution is -0.172. The molecule has 1 aromatic carbocycles. The van der Waals surface area contributed by atoms with E-state index in [1.54, 1.807) is 30.3 Å². The summed E-state index contributed by atoms with van der Waals surface area (Å²) >= 11 is 0. The van der Waals surface area contributed by atoms with E-state index in [-0.39, 0.29) is 12.5 Å². The van der Waals surface area contributed by atoms with Gasteiger partial charge in [-0.15, -0.1) is 6.58 Å². The molecule has 0 bridgehead atoms. The Morgan fingerprint density at radius 3 is 2.74 bits per heavy atom. The molecule has 0 aliphatic carbocycles. The van der Waals surface area contributed by atoms with Gasteiger partial charge in [0, 0.05) is 6.54 Å². The second-order valence-corrected chi connectivity index (χ2v) is 4.26. The van der Waals surface area contributed by atoms with Crippen LogP contribution in [0, 0.1) is 0 Å². The molecule has 2 atom stereocenters. The minimum Gasteiger partial charge on any atom is -0.479 e. The molecular weight excluding hydrogens is 246 g/mol. The van der Waals surface area contributed by atoms with Crippen LogP contribution in [0.1, 0.15) is 11.6 Å². The van der Waals surface area contributed by atoms with Crippen LogP contribution in [-0.2, 0) is 14.3 Å². The van der Waals surface area contributed by atoms with Crippen molar-refractivity contribution >= 4 is 11.9 Å². The monoisotopic (exact) mass is 261 g/mol. The summed E-state index contributed by atoms with van der Waals surface area (Å²) in [6, 6.07) is 8.40. The zero-order valence-corrected chi connectivity index (χ0v) is 10.4. The fourth-order valence-electron chi connectivity index (χ4n) is 2.22. The lowest BCUT2D eigenvalue weighted by Crippen LogP contribution is -2.51. The summed E-state index contributed by atoms with van der Waals surface area (Å²) in [7, 11) is 0. The van der Waals surface area contributed by atoms with Crippen molar-refractivity contribution < 1.29 is 19.4 Å². The first kappa shape index (κ1) is 13.3. The number of carboxylic acid groups (broad SMARTS) is 1. The highest BCUT2D eigenvalue weighted by molar-refractivity contribution is 5.83. The van der Waals surface area contributed by atoms with E-state index in [0.717, 1.165) is 5.56 Å². The number of hydrogen-bond donors (Lipinski definition) is 1. The predicted octanol–water partition coefficient (Wildman–Crippen LogP) is 1.23. The van der Waals surface area contributed by atoms with Crippen molar-refractivity contribution in [3.8, 4) is 0 Å². The number of carbonyl (C=O) groups is 2. The molecule has 1 fully saturated rings. The largest absolute Gasteiger partial charge is 0.479 e. The Hall–Kier alpha value is -2.14. The van der Waals surface area contributed by atoms with Gasteiger partial charge < -0.3 is 14.7 Å².